The highest BCUT2D eigenvalue weighted by atomic mass is 16.6. The molecule has 5 heteroatoms. The number of hydrogen-bond acceptors (Lipinski definition) is 4. The summed E-state index contributed by atoms with van der Waals surface area (Å²) in [4.78, 5) is 14.5. The van der Waals surface area contributed by atoms with Crippen molar-refractivity contribution in [3.63, 3.8) is 0 Å². The molecular formula is C19H28N2O3. The summed E-state index contributed by atoms with van der Waals surface area (Å²) in [6.07, 6.45) is 0.627. The van der Waals surface area contributed by atoms with Gasteiger partial charge in [0.1, 0.15) is 5.60 Å². The molecule has 1 aromatic rings. The summed E-state index contributed by atoms with van der Waals surface area (Å²) >= 11 is 0. The van der Waals surface area contributed by atoms with Crippen LogP contribution in [0.5, 0.6) is 0 Å². The van der Waals surface area contributed by atoms with E-state index >= 15 is 0 Å². The van der Waals surface area contributed by atoms with Crippen LogP contribution in [0.1, 0.15) is 32.8 Å². The van der Waals surface area contributed by atoms with E-state index in [-0.39, 0.29) is 17.6 Å². The highest BCUT2D eigenvalue weighted by molar-refractivity contribution is 5.68. The van der Waals surface area contributed by atoms with Crippen molar-refractivity contribution in [3.05, 3.63) is 35.9 Å². The smallest absolute Gasteiger partial charge is 0.407 e. The minimum atomic E-state index is -0.472. The van der Waals surface area contributed by atoms with E-state index in [4.69, 9.17) is 9.47 Å². The Morgan fingerprint density at radius 1 is 1.33 bits per heavy atom. The SMILES string of the molecule is CC(C)(C)OC(=O)NC1CN(Cc2ccccc2)CC2(COC2)C1. The summed E-state index contributed by atoms with van der Waals surface area (Å²) in [5, 5.41) is 3.06. The predicted octanol–water partition coefficient (Wildman–Crippen LogP) is 2.80. The number of amides is 1. The van der Waals surface area contributed by atoms with Crippen molar-refractivity contribution >= 4 is 6.09 Å². The second kappa shape index (κ2) is 6.73. The van der Waals surface area contributed by atoms with Crippen molar-refractivity contribution in [2.75, 3.05) is 26.3 Å². The third-order valence-electron chi connectivity index (χ3n) is 4.50. The predicted molar refractivity (Wildman–Crippen MR) is 92.7 cm³/mol. The zero-order chi connectivity index (χ0) is 17.2. The summed E-state index contributed by atoms with van der Waals surface area (Å²) in [6.45, 7) is 9.98. The molecule has 0 aromatic heterocycles. The summed E-state index contributed by atoms with van der Waals surface area (Å²) in [7, 11) is 0. The number of rotatable bonds is 3. The number of carbonyl (C=O) groups is 1. The van der Waals surface area contributed by atoms with Crippen LogP contribution in [0.2, 0.25) is 0 Å². The molecule has 1 amide bonds. The van der Waals surface area contributed by atoms with Crippen molar-refractivity contribution in [1.29, 1.82) is 0 Å². The van der Waals surface area contributed by atoms with E-state index in [0.717, 1.165) is 39.3 Å². The monoisotopic (exact) mass is 332 g/mol. The van der Waals surface area contributed by atoms with Crippen molar-refractivity contribution < 1.29 is 14.3 Å². The largest absolute Gasteiger partial charge is 0.444 e. The van der Waals surface area contributed by atoms with Crippen molar-refractivity contribution in [1.82, 2.24) is 10.2 Å². The Balaban J connectivity index is 1.63. The maximum Gasteiger partial charge on any atom is 0.407 e. The molecule has 3 rings (SSSR count). The summed E-state index contributed by atoms with van der Waals surface area (Å²) in [5.41, 5.74) is 0.998. The topological polar surface area (TPSA) is 50.8 Å². The van der Waals surface area contributed by atoms with Gasteiger partial charge < -0.3 is 14.8 Å². The molecule has 0 bridgehead atoms. The van der Waals surface area contributed by atoms with Crippen LogP contribution in [-0.2, 0) is 16.0 Å². The minimum Gasteiger partial charge on any atom is -0.444 e. The molecule has 1 atom stereocenters. The molecule has 2 aliphatic heterocycles. The third kappa shape index (κ3) is 4.48. The molecule has 0 radical (unpaired) electrons. The zero-order valence-electron chi connectivity index (χ0n) is 14.9. The molecule has 2 heterocycles. The van der Waals surface area contributed by atoms with Crippen molar-refractivity contribution in [2.24, 2.45) is 5.41 Å². The molecule has 24 heavy (non-hydrogen) atoms. The van der Waals surface area contributed by atoms with Gasteiger partial charge in [-0.15, -0.1) is 0 Å². The van der Waals surface area contributed by atoms with Gasteiger partial charge in [0.2, 0.25) is 0 Å². The summed E-state index contributed by atoms with van der Waals surface area (Å²) in [5.74, 6) is 0. The van der Waals surface area contributed by atoms with E-state index in [1.807, 2.05) is 26.8 Å². The second-order valence-corrected chi connectivity index (χ2v) is 8.20. The van der Waals surface area contributed by atoms with Crippen LogP contribution < -0.4 is 5.32 Å². The van der Waals surface area contributed by atoms with Crippen LogP contribution in [0.15, 0.2) is 30.3 Å². The van der Waals surface area contributed by atoms with Gasteiger partial charge in [0.05, 0.1) is 13.2 Å². The Hall–Kier alpha value is -1.59. The second-order valence-electron chi connectivity index (χ2n) is 8.20. The van der Waals surface area contributed by atoms with E-state index in [9.17, 15) is 4.79 Å². The lowest BCUT2D eigenvalue weighted by Gasteiger charge is -2.51. The molecule has 1 spiro atoms. The van der Waals surface area contributed by atoms with Gasteiger partial charge in [0.15, 0.2) is 0 Å². The van der Waals surface area contributed by atoms with E-state index < -0.39 is 5.60 Å². The number of nitrogens with one attached hydrogen (secondary N) is 1. The van der Waals surface area contributed by atoms with Crippen molar-refractivity contribution in [3.8, 4) is 0 Å². The lowest BCUT2D eigenvalue weighted by Crippen LogP contribution is -2.61. The average molecular weight is 332 g/mol. The number of likely N-dealkylation sites (tertiary alicyclic amines) is 1. The first-order valence-electron chi connectivity index (χ1n) is 8.67. The van der Waals surface area contributed by atoms with E-state index in [1.54, 1.807) is 0 Å². The molecule has 2 aliphatic rings. The standard InChI is InChI=1S/C19H28N2O3/c1-18(2,3)24-17(22)20-16-9-19(13-23-14-19)12-21(11-16)10-15-7-5-4-6-8-15/h4-8,16H,9-14H2,1-3H3,(H,20,22). The van der Waals surface area contributed by atoms with Gasteiger partial charge in [-0.05, 0) is 32.8 Å². The van der Waals surface area contributed by atoms with E-state index in [2.05, 4.69) is 34.5 Å². The maximum absolute atomic E-state index is 12.1. The van der Waals surface area contributed by atoms with E-state index in [1.165, 1.54) is 5.56 Å². The first-order chi connectivity index (χ1) is 11.3. The summed E-state index contributed by atoms with van der Waals surface area (Å²) in [6, 6.07) is 10.6. The van der Waals surface area contributed by atoms with Crippen LogP contribution in [-0.4, -0.2) is 48.9 Å². The van der Waals surface area contributed by atoms with Gasteiger partial charge in [-0.3, -0.25) is 4.90 Å². The third-order valence-corrected chi connectivity index (χ3v) is 4.50. The van der Waals surface area contributed by atoms with Gasteiger partial charge in [-0.2, -0.15) is 0 Å². The van der Waals surface area contributed by atoms with Crippen LogP contribution >= 0.6 is 0 Å². The van der Waals surface area contributed by atoms with Gasteiger partial charge in [0, 0.05) is 31.1 Å². The fourth-order valence-electron chi connectivity index (χ4n) is 3.64. The van der Waals surface area contributed by atoms with Gasteiger partial charge >= 0.3 is 6.09 Å². The van der Waals surface area contributed by atoms with Crippen molar-refractivity contribution in [2.45, 2.75) is 45.4 Å². The Kier molecular flexibility index (Phi) is 4.83. The number of nitrogens with zero attached hydrogens (tertiary/aromatic N) is 1. The molecule has 1 unspecified atom stereocenters. The lowest BCUT2D eigenvalue weighted by atomic mass is 9.76. The van der Waals surface area contributed by atoms with Gasteiger partial charge in [-0.1, -0.05) is 30.3 Å². The van der Waals surface area contributed by atoms with Crippen LogP contribution in [0.3, 0.4) is 0 Å². The number of ether oxygens (including phenoxy) is 2. The fourth-order valence-corrected chi connectivity index (χ4v) is 3.64. The first kappa shape index (κ1) is 17.2. The Bertz CT molecular complexity index is 564. The molecule has 0 aliphatic carbocycles. The Labute approximate surface area is 144 Å². The molecule has 5 nitrogen and oxygen atoms in total. The highest BCUT2D eigenvalue weighted by Gasteiger charge is 2.45. The Morgan fingerprint density at radius 3 is 2.62 bits per heavy atom. The molecule has 132 valence electrons. The van der Waals surface area contributed by atoms with Crippen LogP contribution in [0.4, 0.5) is 4.79 Å². The number of hydrogen-bond donors (Lipinski definition) is 1. The van der Waals surface area contributed by atoms with Crippen LogP contribution in [0, 0.1) is 5.41 Å². The number of alkyl carbamates (subject to hydrolysis) is 1. The first-order valence-corrected chi connectivity index (χ1v) is 8.67. The molecule has 2 saturated heterocycles. The van der Waals surface area contributed by atoms with Crippen LogP contribution in [0.25, 0.3) is 0 Å². The summed E-state index contributed by atoms with van der Waals surface area (Å²) < 4.78 is 10.9. The zero-order valence-corrected chi connectivity index (χ0v) is 14.9. The van der Waals surface area contributed by atoms with Gasteiger partial charge in [0.25, 0.3) is 0 Å². The normalized spacial score (nSPS) is 23.5. The molecule has 0 saturated carbocycles. The molecule has 1 N–H and O–H groups in total. The molecule has 2 fully saturated rings. The molecule has 1 aromatic carbocycles. The lowest BCUT2D eigenvalue weighted by molar-refractivity contribution is -0.150. The average Bonchev–Trinajstić information content (AvgIpc) is 2.44. The molecular weight excluding hydrogens is 304 g/mol. The number of piperidine rings is 1. The quantitative estimate of drug-likeness (QED) is 0.925. The number of benzene rings is 1. The Morgan fingerprint density at radius 2 is 2.04 bits per heavy atom. The van der Waals surface area contributed by atoms with Gasteiger partial charge in [-0.25, -0.2) is 4.79 Å². The van der Waals surface area contributed by atoms with E-state index in [0.29, 0.717) is 0 Å². The number of carbonyl (C=O) groups excluding carboxylic acids is 1. The maximum atomic E-state index is 12.1. The minimum absolute atomic E-state index is 0.0983. The fraction of sp³-hybridized carbons (Fsp3) is 0.632. The highest BCUT2D eigenvalue weighted by Crippen LogP contribution is 2.37.